The molecule has 2 aliphatic rings. The van der Waals surface area contributed by atoms with E-state index in [9.17, 15) is 4.79 Å². The fraction of sp³-hybridized carbons (Fsp3) is 0.412. The van der Waals surface area contributed by atoms with Crippen LogP contribution in [0.2, 0.25) is 0 Å². The summed E-state index contributed by atoms with van der Waals surface area (Å²) >= 11 is 1.44. The molecule has 0 saturated heterocycles. The summed E-state index contributed by atoms with van der Waals surface area (Å²) in [4.78, 5) is 18.3. The molecule has 0 saturated carbocycles. The van der Waals surface area contributed by atoms with E-state index in [2.05, 4.69) is 18.8 Å². The van der Waals surface area contributed by atoms with E-state index in [4.69, 9.17) is 10.5 Å². The molecule has 1 aliphatic heterocycles. The fourth-order valence-corrected chi connectivity index (χ4v) is 4.25. The van der Waals surface area contributed by atoms with Gasteiger partial charge in [0.1, 0.15) is 11.8 Å². The number of Topliss-reactive ketones (excluding diaryl/α,β-unsaturated/α-hetero) is 1. The highest BCUT2D eigenvalue weighted by molar-refractivity contribution is 8.17. The molecular formula is C17H20N2O2S. The van der Waals surface area contributed by atoms with Gasteiger partial charge < -0.3 is 10.5 Å². The Bertz CT molecular complexity index is 674. The molecule has 1 atom stereocenters. The summed E-state index contributed by atoms with van der Waals surface area (Å²) in [5.74, 6) is 0.979. The zero-order valence-electron chi connectivity index (χ0n) is 13.1. The number of aliphatic imine (C=N–C) groups is 1. The average Bonchev–Trinajstić information content (AvgIpc) is 2.44. The average molecular weight is 316 g/mol. The van der Waals surface area contributed by atoms with Crippen molar-refractivity contribution < 1.29 is 9.53 Å². The number of amidine groups is 1. The first-order valence-corrected chi connectivity index (χ1v) is 8.12. The van der Waals surface area contributed by atoms with Crippen LogP contribution in [-0.4, -0.2) is 18.1 Å². The number of ether oxygens (including phenoxy) is 1. The zero-order valence-corrected chi connectivity index (χ0v) is 13.9. The first kappa shape index (κ1) is 15.2. The van der Waals surface area contributed by atoms with Crippen molar-refractivity contribution in [3.63, 3.8) is 0 Å². The Kier molecular flexibility index (Phi) is 3.77. The summed E-state index contributed by atoms with van der Waals surface area (Å²) < 4.78 is 5.19. The van der Waals surface area contributed by atoms with Gasteiger partial charge in [-0.05, 0) is 29.5 Å². The summed E-state index contributed by atoms with van der Waals surface area (Å²) in [7, 11) is 1.63. The highest BCUT2D eigenvalue weighted by atomic mass is 32.2. The van der Waals surface area contributed by atoms with Crippen molar-refractivity contribution in [2.45, 2.75) is 32.7 Å². The standard InChI is InChI=1S/C17H20N2O2S/c1-17(2)8-12(20)14-13(9-17)22-16(18)19-15(14)10-4-6-11(21-3)7-5-10/h4-7,15H,8-9H2,1-3H3,(H2,18,19)/t15-/m0/s1. The number of nitrogens with two attached hydrogens (primary N) is 1. The van der Waals surface area contributed by atoms with Gasteiger partial charge in [-0.3, -0.25) is 4.79 Å². The van der Waals surface area contributed by atoms with Gasteiger partial charge in [0.05, 0.1) is 7.11 Å². The first-order valence-electron chi connectivity index (χ1n) is 7.31. The molecule has 0 radical (unpaired) electrons. The summed E-state index contributed by atoms with van der Waals surface area (Å²) in [6, 6.07) is 7.40. The predicted molar refractivity (Wildman–Crippen MR) is 90.0 cm³/mol. The van der Waals surface area contributed by atoms with Gasteiger partial charge in [0.25, 0.3) is 0 Å². The van der Waals surface area contributed by atoms with E-state index in [1.807, 2.05) is 24.3 Å². The van der Waals surface area contributed by atoms with Gasteiger partial charge in [0.15, 0.2) is 11.0 Å². The van der Waals surface area contributed by atoms with Crippen LogP contribution >= 0.6 is 11.8 Å². The van der Waals surface area contributed by atoms with E-state index >= 15 is 0 Å². The third-order valence-corrected chi connectivity index (χ3v) is 4.99. The number of hydrogen-bond acceptors (Lipinski definition) is 5. The van der Waals surface area contributed by atoms with Crippen LogP contribution in [0.3, 0.4) is 0 Å². The second-order valence-electron chi connectivity index (χ2n) is 6.52. The molecular weight excluding hydrogens is 296 g/mol. The number of rotatable bonds is 2. The Morgan fingerprint density at radius 1 is 1.27 bits per heavy atom. The minimum atomic E-state index is -0.286. The van der Waals surface area contributed by atoms with Crippen LogP contribution in [0, 0.1) is 5.41 Å². The molecule has 1 aliphatic carbocycles. The van der Waals surface area contributed by atoms with Crippen molar-refractivity contribution in [2.24, 2.45) is 16.1 Å². The molecule has 0 amide bonds. The van der Waals surface area contributed by atoms with Gasteiger partial charge in [-0.15, -0.1) is 0 Å². The summed E-state index contributed by atoms with van der Waals surface area (Å²) in [6.45, 7) is 4.25. The van der Waals surface area contributed by atoms with Crippen molar-refractivity contribution in [1.82, 2.24) is 0 Å². The molecule has 5 heteroatoms. The number of benzene rings is 1. The van der Waals surface area contributed by atoms with Crippen molar-refractivity contribution in [1.29, 1.82) is 0 Å². The van der Waals surface area contributed by atoms with Gasteiger partial charge in [-0.25, -0.2) is 4.99 Å². The Balaban J connectivity index is 2.03. The second-order valence-corrected chi connectivity index (χ2v) is 7.64. The van der Waals surface area contributed by atoms with Crippen molar-refractivity contribution in [2.75, 3.05) is 7.11 Å². The Labute approximate surface area is 134 Å². The van der Waals surface area contributed by atoms with Crippen LogP contribution < -0.4 is 10.5 Å². The van der Waals surface area contributed by atoms with E-state index < -0.39 is 0 Å². The normalized spacial score (nSPS) is 23.9. The highest BCUT2D eigenvalue weighted by Crippen LogP contribution is 2.48. The number of allylic oxidation sites excluding steroid dienone is 1. The van der Waals surface area contributed by atoms with E-state index in [-0.39, 0.29) is 17.2 Å². The van der Waals surface area contributed by atoms with Gasteiger partial charge in [-0.1, -0.05) is 37.7 Å². The monoisotopic (exact) mass is 316 g/mol. The number of carbonyl (C=O) groups excluding carboxylic acids is 1. The van der Waals surface area contributed by atoms with Gasteiger partial charge in [0, 0.05) is 16.9 Å². The molecule has 4 nitrogen and oxygen atoms in total. The minimum absolute atomic E-state index is 0.00893. The number of carbonyl (C=O) groups is 1. The maximum atomic E-state index is 12.7. The van der Waals surface area contributed by atoms with Gasteiger partial charge in [-0.2, -0.15) is 0 Å². The zero-order chi connectivity index (χ0) is 15.9. The van der Waals surface area contributed by atoms with Crippen LogP contribution in [0.1, 0.15) is 38.3 Å². The first-order chi connectivity index (χ1) is 10.4. The Hall–Kier alpha value is -1.75. The van der Waals surface area contributed by atoms with Crippen LogP contribution in [0.5, 0.6) is 5.75 Å². The lowest BCUT2D eigenvalue weighted by molar-refractivity contribution is -0.118. The molecule has 0 bridgehead atoms. The number of methoxy groups -OCH3 is 1. The van der Waals surface area contributed by atoms with Crippen LogP contribution in [0.15, 0.2) is 39.7 Å². The Morgan fingerprint density at radius 3 is 2.59 bits per heavy atom. The molecule has 116 valence electrons. The molecule has 0 spiro atoms. The van der Waals surface area contributed by atoms with E-state index in [0.29, 0.717) is 11.6 Å². The molecule has 3 rings (SSSR count). The summed E-state index contributed by atoms with van der Waals surface area (Å²) in [5, 5.41) is 0.532. The van der Waals surface area contributed by atoms with Crippen LogP contribution in [0.25, 0.3) is 0 Å². The number of thioether (sulfide) groups is 1. The van der Waals surface area contributed by atoms with E-state index in [0.717, 1.165) is 28.2 Å². The van der Waals surface area contributed by atoms with E-state index in [1.54, 1.807) is 7.11 Å². The smallest absolute Gasteiger partial charge is 0.162 e. The lowest BCUT2D eigenvalue weighted by atomic mass is 9.75. The molecule has 0 aromatic heterocycles. The van der Waals surface area contributed by atoms with Crippen molar-refractivity contribution >= 4 is 22.7 Å². The molecule has 1 heterocycles. The molecule has 22 heavy (non-hydrogen) atoms. The van der Waals surface area contributed by atoms with Gasteiger partial charge >= 0.3 is 0 Å². The number of hydrogen-bond donors (Lipinski definition) is 1. The van der Waals surface area contributed by atoms with Crippen molar-refractivity contribution in [3.05, 3.63) is 40.3 Å². The quantitative estimate of drug-likeness (QED) is 0.907. The number of nitrogens with zero attached hydrogens (tertiary/aromatic N) is 1. The van der Waals surface area contributed by atoms with Crippen LogP contribution in [-0.2, 0) is 4.79 Å². The molecule has 2 N–H and O–H groups in total. The highest BCUT2D eigenvalue weighted by Gasteiger charge is 2.39. The van der Waals surface area contributed by atoms with E-state index in [1.165, 1.54) is 11.8 Å². The summed E-state index contributed by atoms with van der Waals surface area (Å²) in [6.07, 6.45) is 1.44. The topological polar surface area (TPSA) is 64.7 Å². The molecule has 0 unspecified atom stereocenters. The minimum Gasteiger partial charge on any atom is -0.497 e. The van der Waals surface area contributed by atoms with Crippen molar-refractivity contribution in [3.8, 4) is 5.75 Å². The SMILES string of the molecule is COc1ccc([C@@H]2N=C(N)SC3=C2C(=O)CC(C)(C)C3)cc1. The van der Waals surface area contributed by atoms with Gasteiger partial charge in [0.2, 0.25) is 0 Å². The molecule has 0 fully saturated rings. The lowest BCUT2D eigenvalue weighted by Crippen LogP contribution is -2.30. The third-order valence-electron chi connectivity index (χ3n) is 4.07. The molecule has 1 aromatic rings. The third kappa shape index (κ3) is 2.77. The molecule has 1 aromatic carbocycles. The second kappa shape index (κ2) is 5.47. The maximum Gasteiger partial charge on any atom is 0.162 e. The maximum absolute atomic E-state index is 12.7. The largest absolute Gasteiger partial charge is 0.497 e. The Morgan fingerprint density at radius 2 is 1.95 bits per heavy atom. The van der Waals surface area contributed by atoms with Crippen LogP contribution in [0.4, 0.5) is 0 Å². The number of ketones is 1. The fourth-order valence-electron chi connectivity index (χ4n) is 3.05. The lowest BCUT2D eigenvalue weighted by Gasteiger charge is -2.35. The predicted octanol–water partition coefficient (Wildman–Crippen LogP) is 3.44. The summed E-state index contributed by atoms with van der Waals surface area (Å²) in [5.41, 5.74) is 7.79.